The van der Waals surface area contributed by atoms with E-state index in [4.69, 9.17) is 4.42 Å². The van der Waals surface area contributed by atoms with Crippen LogP contribution in [0.25, 0.3) is 11.5 Å². The van der Waals surface area contributed by atoms with Crippen molar-refractivity contribution in [2.75, 3.05) is 0 Å². The van der Waals surface area contributed by atoms with Gasteiger partial charge in [-0.25, -0.2) is 18.1 Å². The number of benzene rings is 1. The number of Topliss-reactive ketones (excluding diaryl/α,β-unsaturated/α-hetero) is 1. The lowest BCUT2D eigenvalue weighted by atomic mass is 9.91. The van der Waals surface area contributed by atoms with Crippen LogP contribution >= 0.6 is 0 Å². The summed E-state index contributed by atoms with van der Waals surface area (Å²) in [5.74, 6) is -1.07. The second-order valence-corrected chi connectivity index (χ2v) is 8.55. The molecule has 0 fully saturated rings. The van der Waals surface area contributed by atoms with Crippen LogP contribution in [0.3, 0.4) is 0 Å². The predicted molar refractivity (Wildman–Crippen MR) is 102 cm³/mol. The van der Waals surface area contributed by atoms with E-state index in [2.05, 4.69) is 10.1 Å². The second-order valence-electron chi connectivity index (χ2n) is 6.87. The highest BCUT2D eigenvalue weighted by molar-refractivity contribution is 7.90. The molecule has 9 nitrogen and oxygen atoms in total. The van der Waals surface area contributed by atoms with Crippen molar-refractivity contribution in [3.63, 3.8) is 0 Å². The number of hydrogen-bond donors (Lipinski definition) is 1. The number of carbonyl (C=O) groups is 2. The van der Waals surface area contributed by atoms with E-state index in [1.54, 1.807) is 30.9 Å². The van der Waals surface area contributed by atoms with Gasteiger partial charge in [0.15, 0.2) is 5.78 Å². The van der Waals surface area contributed by atoms with E-state index in [0.29, 0.717) is 17.5 Å². The lowest BCUT2D eigenvalue weighted by molar-refractivity contribution is 0.0952. The summed E-state index contributed by atoms with van der Waals surface area (Å²) in [5.41, 5.74) is 2.02. The normalized spacial score (nSPS) is 13.9. The quantitative estimate of drug-likeness (QED) is 0.692. The molecule has 0 spiro atoms. The topological polar surface area (TPSA) is 124 Å². The maximum Gasteiger partial charge on any atom is 0.302 e. The van der Waals surface area contributed by atoms with Crippen molar-refractivity contribution in [1.29, 1.82) is 0 Å². The summed E-state index contributed by atoms with van der Waals surface area (Å²) in [4.78, 5) is 28.6. The van der Waals surface area contributed by atoms with Crippen LogP contribution in [-0.4, -0.2) is 34.9 Å². The van der Waals surface area contributed by atoms with E-state index in [9.17, 15) is 18.0 Å². The van der Waals surface area contributed by atoms with Crippen LogP contribution in [0.2, 0.25) is 0 Å². The van der Waals surface area contributed by atoms with Crippen LogP contribution in [-0.2, 0) is 23.5 Å². The number of aromatic nitrogens is 3. The van der Waals surface area contributed by atoms with E-state index < -0.39 is 15.9 Å². The third-order valence-electron chi connectivity index (χ3n) is 4.72. The van der Waals surface area contributed by atoms with Crippen molar-refractivity contribution in [2.45, 2.75) is 31.1 Å². The first-order valence-electron chi connectivity index (χ1n) is 8.94. The molecule has 2 aromatic heterocycles. The Balaban J connectivity index is 1.60. The Morgan fingerprint density at radius 2 is 2.07 bits per heavy atom. The average molecular weight is 414 g/mol. The van der Waals surface area contributed by atoms with Crippen molar-refractivity contribution < 1.29 is 22.4 Å². The van der Waals surface area contributed by atoms with E-state index in [-0.39, 0.29) is 28.0 Å². The van der Waals surface area contributed by atoms with Crippen molar-refractivity contribution in [1.82, 2.24) is 19.5 Å². The van der Waals surface area contributed by atoms with E-state index >= 15 is 0 Å². The van der Waals surface area contributed by atoms with Crippen LogP contribution in [0.1, 0.15) is 45.0 Å². The molecule has 150 valence electrons. The maximum absolute atomic E-state index is 12.7. The minimum absolute atomic E-state index is 0.0955. The van der Waals surface area contributed by atoms with Crippen LogP contribution < -0.4 is 4.72 Å². The lowest BCUT2D eigenvalue weighted by Crippen LogP contribution is -2.31. The largest absolute Gasteiger partial charge is 0.430 e. The van der Waals surface area contributed by atoms with Gasteiger partial charge < -0.3 is 4.42 Å². The molecule has 1 aliphatic rings. The summed E-state index contributed by atoms with van der Waals surface area (Å²) < 4.78 is 34.4. The van der Waals surface area contributed by atoms with Crippen molar-refractivity contribution in [2.24, 2.45) is 7.05 Å². The fourth-order valence-corrected chi connectivity index (χ4v) is 4.24. The number of hydrogen-bond acceptors (Lipinski definition) is 7. The molecule has 4 rings (SSSR count). The number of ketones is 1. The third kappa shape index (κ3) is 3.58. The Labute approximate surface area is 166 Å². The van der Waals surface area contributed by atoms with Crippen LogP contribution in [0.4, 0.5) is 0 Å². The van der Waals surface area contributed by atoms with E-state index in [0.717, 1.165) is 18.4 Å². The number of amides is 1. The third-order valence-corrected chi connectivity index (χ3v) is 6.05. The van der Waals surface area contributed by atoms with Gasteiger partial charge in [0.05, 0.1) is 22.3 Å². The van der Waals surface area contributed by atoms with Gasteiger partial charge in [-0.2, -0.15) is 5.10 Å². The highest BCUT2D eigenvalue weighted by atomic mass is 32.2. The molecular formula is C19H18N4O5S. The van der Waals surface area contributed by atoms with Gasteiger partial charge in [-0.1, -0.05) is 6.07 Å². The van der Waals surface area contributed by atoms with Gasteiger partial charge >= 0.3 is 5.91 Å². The zero-order valence-electron chi connectivity index (χ0n) is 15.8. The molecular weight excluding hydrogens is 396 g/mol. The van der Waals surface area contributed by atoms with Crippen molar-refractivity contribution in [3.05, 3.63) is 53.2 Å². The molecule has 0 saturated heterocycles. The molecule has 29 heavy (non-hydrogen) atoms. The summed E-state index contributed by atoms with van der Waals surface area (Å²) >= 11 is 0. The first-order chi connectivity index (χ1) is 13.7. The standard InChI is InChI=1S/C19H18N4O5S/c1-11-17(28-19(21-11)13-9-20-23(2)10-13)18(25)22-29(26,27)14-7-6-12-4-3-5-16(24)15(12)8-14/h6-10H,3-5H2,1-2H3,(H,22,25). The predicted octanol–water partition coefficient (Wildman–Crippen LogP) is 2.02. The molecule has 0 aliphatic heterocycles. The Morgan fingerprint density at radius 3 is 2.79 bits per heavy atom. The zero-order chi connectivity index (χ0) is 20.8. The molecule has 0 bridgehead atoms. The molecule has 2 heterocycles. The number of oxazole rings is 1. The summed E-state index contributed by atoms with van der Waals surface area (Å²) in [5, 5.41) is 4.01. The summed E-state index contributed by atoms with van der Waals surface area (Å²) in [7, 11) is -2.46. The van der Waals surface area contributed by atoms with Gasteiger partial charge in [-0.3, -0.25) is 14.3 Å². The van der Waals surface area contributed by atoms with Gasteiger partial charge in [0.25, 0.3) is 10.0 Å². The summed E-state index contributed by atoms with van der Waals surface area (Å²) in [6, 6.07) is 4.33. The average Bonchev–Trinajstić information content (AvgIpc) is 3.27. The zero-order valence-corrected chi connectivity index (χ0v) is 16.6. The van der Waals surface area contributed by atoms with Gasteiger partial charge in [-0.15, -0.1) is 0 Å². The molecule has 0 unspecified atom stereocenters. The molecule has 1 aromatic carbocycles. The molecule has 0 saturated carbocycles. The van der Waals surface area contributed by atoms with Crippen LogP contribution in [0, 0.1) is 6.92 Å². The first kappa shape index (κ1) is 19.1. The Bertz CT molecular complexity index is 1240. The highest BCUT2D eigenvalue weighted by Crippen LogP contribution is 2.25. The van der Waals surface area contributed by atoms with Gasteiger partial charge in [-0.05, 0) is 37.5 Å². The van der Waals surface area contributed by atoms with E-state index in [1.807, 2.05) is 4.72 Å². The minimum Gasteiger partial charge on any atom is -0.430 e. The fourth-order valence-electron chi connectivity index (χ4n) is 3.26. The Morgan fingerprint density at radius 1 is 1.28 bits per heavy atom. The first-order valence-corrected chi connectivity index (χ1v) is 10.4. The number of fused-ring (bicyclic) bond motifs is 1. The maximum atomic E-state index is 12.7. The van der Waals surface area contributed by atoms with E-state index in [1.165, 1.54) is 18.3 Å². The number of carbonyl (C=O) groups excluding carboxylic acids is 2. The number of sulfonamides is 1. The summed E-state index contributed by atoms with van der Waals surface area (Å²) in [6.45, 7) is 1.54. The number of nitrogens with one attached hydrogen (secondary N) is 1. The molecule has 1 amide bonds. The Hall–Kier alpha value is -3.27. The van der Waals surface area contributed by atoms with Crippen LogP contribution in [0.15, 0.2) is 39.9 Å². The highest BCUT2D eigenvalue weighted by Gasteiger charge is 2.26. The minimum atomic E-state index is -4.19. The molecule has 1 aliphatic carbocycles. The molecule has 3 aromatic rings. The SMILES string of the molecule is Cc1nc(-c2cnn(C)c2)oc1C(=O)NS(=O)(=O)c1ccc2c(c1)C(=O)CCC2. The van der Waals surface area contributed by atoms with Crippen molar-refractivity contribution >= 4 is 21.7 Å². The smallest absolute Gasteiger partial charge is 0.302 e. The Kier molecular flexibility index (Phi) is 4.58. The molecule has 0 radical (unpaired) electrons. The number of nitrogens with zero attached hydrogens (tertiary/aromatic N) is 3. The molecule has 10 heteroatoms. The van der Waals surface area contributed by atoms with Gasteiger partial charge in [0.1, 0.15) is 0 Å². The number of aryl methyl sites for hydroxylation is 3. The lowest BCUT2D eigenvalue weighted by Gasteiger charge is -2.15. The number of rotatable bonds is 4. The van der Waals surface area contributed by atoms with Crippen molar-refractivity contribution in [3.8, 4) is 11.5 Å². The van der Waals surface area contributed by atoms with Gasteiger partial charge in [0, 0.05) is 25.2 Å². The van der Waals surface area contributed by atoms with Crippen LogP contribution in [0.5, 0.6) is 0 Å². The van der Waals surface area contributed by atoms with Gasteiger partial charge in [0.2, 0.25) is 11.7 Å². The molecule has 1 N–H and O–H groups in total. The monoisotopic (exact) mass is 414 g/mol. The summed E-state index contributed by atoms with van der Waals surface area (Å²) in [6.07, 6.45) is 5.04. The second kappa shape index (κ2) is 6.96. The fraction of sp³-hybridized carbons (Fsp3) is 0.263. The molecule has 0 atom stereocenters.